The van der Waals surface area contributed by atoms with Crippen molar-refractivity contribution in [3.8, 4) is 5.75 Å². The molecule has 1 aromatic carbocycles. The zero-order chi connectivity index (χ0) is 12.5. The van der Waals surface area contributed by atoms with E-state index < -0.39 is 26.7 Å². The van der Waals surface area contributed by atoms with Gasteiger partial charge >= 0.3 is 0 Å². The van der Waals surface area contributed by atoms with Crippen molar-refractivity contribution in [2.75, 3.05) is 13.4 Å². The van der Waals surface area contributed by atoms with E-state index in [0.717, 1.165) is 12.3 Å². The number of benzene rings is 1. The third-order valence-electron chi connectivity index (χ3n) is 2.10. The molecule has 0 saturated carbocycles. The van der Waals surface area contributed by atoms with Crippen molar-refractivity contribution in [1.29, 1.82) is 0 Å². The van der Waals surface area contributed by atoms with Gasteiger partial charge in [0, 0.05) is 6.26 Å². The molecule has 16 heavy (non-hydrogen) atoms. The third-order valence-corrected chi connectivity index (χ3v) is 3.24. The highest BCUT2D eigenvalue weighted by Crippen LogP contribution is 2.30. The molecule has 0 spiro atoms. The number of ether oxygens (including phenoxy) is 1. The summed E-state index contributed by atoms with van der Waals surface area (Å²) in [5, 5.41) is 9.29. The molecule has 0 bridgehead atoms. The van der Waals surface area contributed by atoms with Crippen LogP contribution in [-0.2, 0) is 9.84 Å². The lowest BCUT2D eigenvalue weighted by Crippen LogP contribution is -2.06. The number of aliphatic hydroxyl groups is 1. The van der Waals surface area contributed by atoms with Gasteiger partial charge in [-0.15, -0.1) is 0 Å². The minimum atomic E-state index is -3.70. The highest BCUT2D eigenvalue weighted by molar-refractivity contribution is 7.90. The topological polar surface area (TPSA) is 63.6 Å². The van der Waals surface area contributed by atoms with Crippen molar-refractivity contribution in [1.82, 2.24) is 0 Å². The van der Waals surface area contributed by atoms with Gasteiger partial charge in [-0.25, -0.2) is 12.8 Å². The van der Waals surface area contributed by atoms with E-state index in [1.165, 1.54) is 20.1 Å². The number of rotatable bonds is 3. The zero-order valence-corrected chi connectivity index (χ0v) is 10.0. The SMILES string of the molecule is COc1cc(C(C)O)cc(F)c1S(C)(=O)=O. The summed E-state index contributed by atoms with van der Waals surface area (Å²) < 4.78 is 41.1. The monoisotopic (exact) mass is 248 g/mol. The minimum Gasteiger partial charge on any atom is -0.495 e. The Labute approximate surface area is 93.6 Å². The van der Waals surface area contributed by atoms with E-state index in [0.29, 0.717) is 0 Å². The summed E-state index contributed by atoms with van der Waals surface area (Å²) in [6.45, 7) is 1.45. The molecule has 90 valence electrons. The van der Waals surface area contributed by atoms with Gasteiger partial charge in [0.1, 0.15) is 16.5 Å². The predicted molar refractivity (Wildman–Crippen MR) is 56.7 cm³/mol. The van der Waals surface area contributed by atoms with Crippen LogP contribution in [0.4, 0.5) is 4.39 Å². The van der Waals surface area contributed by atoms with Crippen molar-refractivity contribution in [3.63, 3.8) is 0 Å². The number of aliphatic hydroxyl groups excluding tert-OH is 1. The van der Waals surface area contributed by atoms with E-state index in [9.17, 15) is 17.9 Å². The average Bonchev–Trinajstić information content (AvgIpc) is 2.14. The highest BCUT2D eigenvalue weighted by Gasteiger charge is 2.21. The van der Waals surface area contributed by atoms with E-state index in [-0.39, 0.29) is 11.3 Å². The predicted octanol–water partition coefficient (Wildman–Crippen LogP) is 1.29. The number of hydrogen-bond acceptors (Lipinski definition) is 4. The first-order chi connectivity index (χ1) is 7.27. The number of hydrogen-bond donors (Lipinski definition) is 1. The fourth-order valence-corrected chi connectivity index (χ4v) is 2.26. The minimum absolute atomic E-state index is 0.0987. The molecule has 0 aliphatic rings. The van der Waals surface area contributed by atoms with Crippen molar-refractivity contribution in [2.45, 2.75) is 17.9 Å². The number of methoxy groups -OCH3 is 1. The maximum Gasteiger partial charge on any atom is 0.182 e. The molecule has 1 unspecified atom stereocenters. The third kappa shape index (κ3) is 2.51. The molecular weight excluding hydrogens is 235 g/mol. The molecule has 6 heteroatoms. The van der Waals surface area contributed by atoms with E-state index in [1.54, 1.807) is 0 Å². The second-order valence-electron chi connectivity index (χ2n) is 3.48. The molecule has 1 aromatic rings. The van der Waals surface area contributed by atoms with E-state index in [2.05, 4.69) is 0 Å². The lowest BCUT2D eigenvalue weighted by atomic mass is 10.1. The van der Waals surface area contributed by atoms with Gasteiger partial charge in [0.15, 0.2) is 9.84 Å². The Morgan fingerprint density at radius 3 is 2.38 bits per heavy atom. The molecule has 0 amide bonds. The van der Waals surface area contributed by atoms with Gasteiger partial charge in [-0.1, -0.05) is 0 Å². The maximum absolute atomic E-state index is 13.6. The van der Waals surface area contributed by atoms with Crippen molar-refractivity contribution in [3.05, 3.63) is 23.5 Å². The molecule has 0 aliphatic carbocycles. The average molecular weight is 248 g/mol. The van der Waals surface area contributed by atoms with Crippen LogP contribution in [0.2, 0.25) is 0 Å². The molecule has 0 fully saturated rings. The molecule has 0 aliphatic heterocycles. The Morgan fingerprint density at radius 2 is 2.00 bits per heavy atom. The summed E-state index contributed by atoms with van der Waals surface area (Å²) in [5.74, 6) is -1.02. The summed E-state index contributed by atoms with van der Waals surface area (Å²) in [7, 11) is -2.46. The van der Waals surface area contributed by atoms with E-state index in [4.69, 9.17) is 4.74 Å². The largest absolute Gasteiger partial charge is 0.495 e. The Kier molecular flexibility index (Phi) is 3.54. The Hall–Kier alpha value is -1.14. The summed E-state index contributed by atoms with van der Waals surface area (Å²) in [6.07, 6.45) is 0.00713. The Balaban J connectivity index is 3.53. The number of sulfone groups is 1. The van der Waals surface area contributed by atoms with Gasteiger partial charge in [-0.3, -0.25) is 0 Å². The summed E-state index contributed by atoms with van der Waals surface area (Å²) in [4.78, 5) is -0.487. The number of halogens is 1. The second-order valence-corrected chi connectivity index (χ2v) is 5.43. The van der Waals surface area contributed by atoms with Crippen LogP contribution >= 0.6 is 0 Å². The highest BCUT2D eigenvalue weighted by atomic mass is 32.2. The van der Waals surface area contributed by atoms with Crippen LogP contribution in [0.25, 0.3) is 0 Å². The van der Waals surface area contributed by atoms with Gasteiger partial charge in [0.2, 0.25) is 0 Å². The van der Waals surface area contributed by atoms with Crippen LogP contribution in [0.3, 0.4) is 0 Å². The first-order valence-corrected chi connectivity index (χ1v) is 6.42. The molecule has 0 radical (unpaired) electrons. The first kappa shape index (κ1) is 12.9. The summed E-state index contributed by atoms with van der Waals surface area (Å²) in [6, 6.07) is 2.30. The lowest BCUT2D eigenvalue weighted by Gasteiger charge is -2.12. The van der Waals surface area contributed by atoms with Crippen molar-refractivity contribution in [2.24, 2.45) is 0 Å². The summed E-state index contributed by atoms with van der Waals surface area (Å²) in [5.41, 5.74) is 0.266. The Bertz CT molecular complexity index is 494. The quantitative estimate of drug-likeness (QED) is 0.875. The van der Waals surface area contributed by atoms with Gasteiger partial charge < -0.3 is 9.84 Å². The fourth-order valence-electron chi connectivity index (χ4n) is 1.34. The molecule has 0 aromatic heterocycles. The van der Waals surface area contributed by atoms with Crippen molar-refractivity contribution >= 4 is 9.84 Å². The Morgan fingerprint density at radius 1 is 1.44 bits per heavy atom. The normalized spacial score (nSPS) is 13.6. The zero-order valence-electron chi connectivity index (χ0n) is 9.19. The molecule has 1 N–H and O–H groups in total. The molecule has 0 saturated heterocycles. The summed E-state index contributed by atoms with van der Waals surface area (Å²) >= 11 is 0. The smallest absolute Gasteiger partial charge is 0.182 e. The standard InChI is InChI=1S/C10H13FO4S/c1-6(12)7-4-8(11)10(16(3,13)14)9(5-7)15-2/h4-6,12H,1-3H3. The first-order valence-electron chi connectivity index (χ1n) is 4.53. The molecule has 4 nitrogen and oxygen atoms in total. The second kappa shape index (κ2) is 4.39. The maximum atomic E-state index is 13.6. The van der Waals surface area contributed by atoms with E-state index in [1.807, 2.05) is 0 Å². The van der Waals surface area contributed by atoms with E-state index >= 15 is 0 Å². The van der Waals surface area contributed by atoms with Gasteiger partial charge in [0.05, 0.1) is 13.2 Å². The molecule has 1 rings (SSSR count). The van der Waals surface area contributed by atoms with Crippen LogP contribution in [-0.4, -0.2) is 26.9 Å². The molecule has 1 atom stereocenters. The van der Waals surface area contributed by atoms with Crippen molar-refractivity contribution < 1.29 is 22.7 Å². The van der Waals surface area contributed by atoms with Crippen LogP contribution < -0.4 is 4.74 Å². The van der Waals surface area contributed by atoms with Crippen LogP contribution in [0.5, 0.6) is 5.75 Å². The van der Waals surface area contributed by atoms with Gasteiger partial charge in [-0.05, 0) is 24.6 Å². The van der Waals surface area contributed by atoms with Gasteiger partial charge in [0.25, 0.3) is 0 Å². The molecular formula is C10H13FO4S. The lowest BCUT2D eigenvalue weighted by molar-refractivity contribution is 0.198. The van der Waals surface area contributed by atoms with Crippen LogP contribution in [0, 0.1) is 5.82 Å². The fraction of sp³-hybridized carbons (Fsp3) is 0.400. The van der Waals surface area contributed by atoms with Crippen LogP contribution in [0.1, 0.15) is 18.6 Å². The van der Waals surface area contributed by atoms with Gasteiger partial charge in [-0.2, -0.15) is 0 Å². The molecule has 0 heterocycles. The van der Waals surface area contributed by atoms with Crippen LogP contribution in [0.15, 0.2) is 17.0 Å².